The third kappa shape index (κ3) is 4.13. The molecule has 0 spiro atoms. The third-order valence-corrected chi connectivity index (χ3v) is 3.25. The average Bonchev–Trinajstić information content (AvgIpc) is 2.48. The second-order valence-corrected chi connectivity index (χ2v) is 5.05. The maximum absolute atomic E-state index is 12.2. The number of halogens is 1. The molecule has 1 N–H and O–H groups in total. The minimum atomic E-state index is -0.223. The molecule has 0 radical (unpaired) electrons. The fraction of sp³-hybridized carbons (Fsp3) is 0.188. The lowest BCUT2D eigenvalue weighted by molar-refractivity contribution is 0.220. The number of rotatable bonds is 4. The SMILES string of the molecule is COc1ccc(Cl)cc1NC(=O)N(C)Cc1ccccc1. The summed E-state index contributed by atoms with van der Waals surface area (Å²) in [7, 11) is 3.28. The quantitative estimate of drug-likeness (QED) is 0.927. The van der Waals surface area contributed by atoms with Crippen molar-refractivity contribution >= 4 is 23.3 Å². The number of methoxy groups -OCH3 is 1. The molecule has 0 unspecified atom stereocenters. The molecule has 0 heterocycles. The van der Waals surface area contributed by atoms with Gasteiger partial charge in [-0.1, -0.05) is 41.9 Å². The van der Waals surface area contributed by atoms with E-state index in [0.29, 0.717) is 23.0 Å². The lowest BCUT2D eigenvalue weighted by Gasteiger charge is -2.19. The first kappa shape index (κ1) is 15.2. The highest BCUT2D eigenvalue weighted by atomic mass is 35.5. The second-order valence-electron chi connectivity index (χ2n) is 4.62. The molecule has 21 heavy (non-hydrogen) atoms. The lowest BCUT2D eigenvalue weighted by Crippen LogP contribution is -2.30. The Morgan fingerprint density at radius 1 is 1.24 bits per heavy atom. The molecule has 0 aliphatic heterocycles. The van der Waals surface area contributed by atoms with Gasteiger partial charge in [-0.25, -0.2) is 4.79 Å². The predicted molar refractivity (Wildman–Crippen MR) is 84.9 cm³/mol. The first-order valence-electron chi connectivity index (χ1n) is 6.49. The molecule has 2 aromatic rings. The number of anilines is 1. The summed E-state index contributed by atoms with van der Waals surface area (Å²) in [6.45, 7) is 0.523. The van der Waals surface area contributed by atoms with Crippen LogP contribution < -0.4 is 10.1 Å². The summed E-state index contributed by atoms with van der Waals surface area (Å²) in [5.74, 6) is 0.570. The summed E-state index contributed by atoms with van der Waals surface area (Å²) in [6, 6.07) is 14.7. The Labute approximate surface area is 129 Å². The maximum atomic E-state index is 12.2. The van der Waals surface area contributed by atoms with E-state index >= 15 is 0 Å². The molecule has 0 bridgehead atoms. The van der Waals surface area contributed by atoms with Crippen molar-refractivity contribution in [1.29, 1.82) is 0 Å². The van der Waals surface area contributed by atoms with Crippen LogP contribution in [0.1, 0.15) is 5.56 Å². The van der Waals surface area contributed by atoms with Crippen LogP contribution in [0.2, 0.25) is 5.02 Å². The summed E-state index contributed by atoms with van der Waals surface area (Å²) in [5, 5.41) is 3.34. The zero-order chi connectivity index (χ0) is 15.2. The van der Waals surface area contributed by atoms with Gasteiger partial charge in [-0.05, 0) is 23.8 Å². The molecule has 0 saturated heterocycles. The van der Waals surface area contributed by atoms with Crippen molar-refractivity contribution in [3.63, 3.8) is 0 Å². The van der Waals surface area contributed by atoms with E-state index in [9.17, 15) is 4.79 Å². The highest BCUT2D eigenvalue weighted by Gasteiger charge is 2.12. The van der Waals surface area contributed by atoms with Crippen LogP contribution in [-0.2, 0) is 6.54 Å². The smallest absolute Gasteiger partial charge is 0.321 e. The highest BCUT2D eigenvalue weighted by molar-refractivity contribution is 6.31. The van der Waals surface area contributed by atoms with Gasteiger partial charge in [0.15, 0.2) is 0 Å². The standard InChI is InChI=1S/C16H17ClN2O2/c1-19(11-12-6-4-3-5-7-12)16(20)18-14-10-13(17)8-9-15(14)21-2/h3-10H,11H2,1-2H3,(H,18,20). The van der Waals surface area contributed by atoms with Gasteiger partial charge < -0.3 is 15.0 Å². The van der Waals surface area contributed by atoms with Gasteiger partial charge in [0.2, 0.25) is 0 Å². The van der Waals surface area contributed by atoms with Crippen molar-refractivity contribution in [2.75, 3.05) is 19.5 Å². The van der Waals surface area contributed by atoms with E-state index in [-0.39, 0.29) is 6.03 Å². The molecule has 0 aliphatic rings. The van der Waals surface area contributed by atoms with E-state index in [1.54, 1.807) is 37.3 Å². The Morgan fingerprint density at radius 2 is 1.95 bits per heavy atom. The summed E-state index contributed by atoms with van der Waals surface area (Å²) < 4.78 is 5.21. The molecule has 0 aliphatic carbocycles. The number of hydrogen-bond acceptors (Lipinski definition) is 2. The molecule has 110 valence electrons. The number of nitrogens with zero attached hydrogens (tertiary/aromatic N) is 1. The molecular formula is C16H17ClN2O2. The van der Waals surface area contributed by atoms with Gasteiger partial charge in [-0.3, -0.25) is 0 Å². The Balaban J connectivity index is 2.05. The van der Waals surface area contributed by atoms with Crippen molar-refractivity contribution in [3.05, 3.63) is 59.1 Å². The first-order chi connectivity index (χ1) is 10.1. The van der Waals surface area contributed by atoms with E-state index in [4.69, 9.17) is 16.3 Å². The third-order valence-electron chi connectivity index (χ3n) is 3.01. The first-order valence-corrected chi connectivity index (χ1v) is 6.87. The zero-order valence-corrected chi connectivity index (χ0v) is 12.7. The van der Waals surface area contributed by atoms with Gasteiger partial charge in [0, 0.05) is 18.6 Å². The van der Waals surface area contributed by atoms with Gasteiger partial charge >= 0.3 is 6.03 Å². The Bertz CT molecular complexity index is 617. The second kappa shape index (κ2) is 6.99. The number of benzene rings is 2. The lowest BCUT2D eigenvalue weighted by atomic mass is 10.2. The van der Waals surface area contributed by atoms with Crippen LogP contribution in [0.3, 0.4) is 0 Å². The van der Waals surface area contributed by atoms with Gasteiger partial charge in [0.05, 0.1) is 12.8 Å². The summed E-state index contributed by atoms with van der Waals surface area (Å²) in [5.41, 5.74) is 1.61. The molecule has 2 amide bonds. The molecule has 0 aromatic heterocycles. The molecule has 0 fully saturated rings. The minimum Gasteiger partial charge on any atom is -0.495 e. The molecular weight excluding hydrogens is 288 g/mol. The monoisotopic (exact) mass is 304 g/mol. The van der Waals surface area contributed by atoms with E-state index in [0.717, 1.165) is 5.56 Å². The predicted octanol–water partition coefficient (Wildman–Crippen LogP) is 4.01. The number of carbonyl (C=O) groups excluding carboxylic acids is 1. The number of hydrogen-bond donors (Lipinski definition) is 1. The number of ether oxygens (including phenoxy) is 1. The van der Waals surface area contributed by atoms with Gasteiger partial charge in [0.1, 0.15) is 5.75 Å². The summed E-state index contributed by atoms with van der Waals surface area (Å²) in [6.07, 6.45) is 0. The normalized spacial score (nSPS) is 10.0. The van der Waals surface area contributed by atoms with E-state index in [2.05, 4.69) is 5.32 Å². The van der Waals surface area contributed by atoms with E-state index in [1.807, 2.05) is 30.3 Å². The van der Waals surface area contributed by atoms with Crippen LogP contribution >= 0.6 is 11.6 Å². The van der Waals surface area contributed by atoms with Crippen molar-refractivity contribution in [3.8, 4) is 5.75 Å². The van der Waals surface area contributed by atoms with Crippen LogP contribution in [0.25, 0.3) is 0 Å². The number of amides is 2. The number of carbonyl (C=O) groups is 1. The van der Waals surface area contributed by atoms with Gasteiger partial charge in [-0.2, -0.15) is 0 Å². The van der Waals surface area contributed by atoms with Crippen molar-refractivity contribution < 1.29 is 9.53 Å². The molecule has 2 aromatic carbocycles. The highest BCUT2D eigenvalue weighted by Crippen LogP contribution is 2.27. The van der Waals surface area contributed by atoms with E-state index in [1.165, 1.54) is 0 Å². The number of nitrogens with one attached hydrogen (secondary N) is 1. The maximum Gasteiger partial charge on any atom is 0.321 e. The molecule has 2 rings (SSSR count). The topological polar surface area (TPSA) is 41.6 Å². The van der Waals surface area contributed by atoms with Crippen molar-refractivity contribution in [1.82, 2.24) is 4.90 Å². The van der Waals surface area contributed by atoms with Crippen LogP contribution in [0.5, 0.6) is 5.75 Å². The van der Waals surface area contributed by atoms with Crippen molar-refractivity contribution in [2.24, 2.45) is 0 Å². The fourth-order valence-corrected chi connectivity index (χ4v) is 2.09. The number of urea groups is 1. The molecule has 5 heteroatoms. The minimum absolute atomic E-state index is 0.223. The van der Waals surface area contributed by atoms with Gasteiger partial charge in [0.25, 0.3) is 0 Å². The van der Waals surface area contributed by atoms with Crippen LogP contribution in [-0.4, -0.2) is 25.1 Å². The van der Waals surface area contributed by atoms with E-state index < -0.39 is 0 Å². The van der Waals surface area contributed by atoms with Crippen molar-refractivity contribution in [2.45, 2.75) is 6.54 Å². The Hall–Kier alpha value is -2.20. The Morgan fingerprint density at radius 3 is 2.62 bits per heavy atom. The zero-order valence-electron chi connectivity index (χ0n) is 12.0. The molecule has 0 atom stereocenters. The van der Waals surface area contributed by atoms with Crippen LogP contribution in [0.4, 0.5) is 10.5 Å². The average molecular weight is 305 g/mol. The van der Waals surface area contributed by atoms with Crippen LogP contribution in [0, 0.1) is 0 Å². The Kier molecular flexibility index (Phi) is 5.06. The van der Waals surface area contributed by atoms with Crippen LogP contribution in [0.15, 0.2) is 48.5 Å². The summed E-state index contributed by atoms with van der Waals surface area (Å²) >= 11 is 5.95. The molecule has 4 nitrogen and oxygen atoms in total. The van der Waals surface area contributed by atoms with Gasteiger partial charge in [-0.15, -0.1) is 0 Å². The molecule has 0 saturated carbocycles. The fourth-order valence-electron chi connectivity index (χ4n) is 1.92. The largest absolute Gasteiger partial charge is 0.495 e. The summed E-state index contributed by atoms with van der Waals surface area (Å²) in [4.78, 5) is 13.8.